The van der Waals surface area contributed by atoms with Gasteiger partial charge in [0.25, 0.3) is 0 Å². The third-order valence-corrected chi connectivity index (χ3v) is 4.43. The van der Waals surface area contributed by atoms with Gasteiger partial charge in [0.05, 0.1) is 12.8 Å². The molecule has 1 aliphatic heterocycles. The average Bonchev–Trinajstić information content (AvgIpc) is 3.07. The summed E-state index contributed by atoms with van der Waals surface area (Å²) in [5, 5.41) is 11.6. The monoisotopic (exact) mass is 456 g/mol. The summed E-state index contributed by atoms with van der Waals surface area (Å²) < 4.78 is 7.39. The van der Waals surface area contributed by atoms with Gasteiger partial charge in [-0.3, -0.25) is 4.99 Å². The highest BCUT2D eigenvalue weighted by Crippen LogP contribution is 2.19. The predicted molar refractivity (Wildman–Crippen MR) is 106 cm³/mol. The van der Waals surface area contributed by atoms with E-state index in [-0.39, 0.29) is 24.0 Å². The molecule has 1 fully saturated rings. The van der Waals surface area contributed by atoms with Crippen LogP contribution in [0.2, 0.25) is 0 Å². The smallest absolute Gasteiger partial charge is 0.191 e. The van der Waals surface area contributed by atoms with Crippen molar-refractivity contribution < 1.29 is 4.42 Å². The standard InChI is InChI=1S/C17H24N6O.HI/c1-12-19-16-7-6-14(11-23(16)22-12)21-17(20-13-4-5-13)18-9-8-15-3-2-10-24-15;/h2-3,10,13-14H,4-9,11H2,1H3,(H2,18,20,21);1H. The summed E-state index contributed by atoms with van der Waals surface area (Å²) >= 11 is 0. The molecular weight excluding hydrogens is 431 g/mol. The molecule has 25 heavy (non-hydrogen) atoms. The number of hydrogen-bond donors (Lipinski definition) is 2. The van der Waals surface area contributed by atoms with Crippen LogP contribution in [0.3, 0.4) is 0 Å². The normalized spacial score (nSPS) is 19.9. The highest BCUT2D eigenvalue weighted by Gasteiger charge is 2.25. The first-order valence-electron chi connectivity index (χ1n) is 8.76. The Hall–Kier alpha value is -1.58. The number of rotatable bonds is 5. The Bertz CT molecular complexity index is 707. The van der Waals surface area contributed by atoms with Crippen molar-refractivity contribution in [1.29, 1.82) is 0 Å². The number of fused-ring (bicyclic) bond motifs is 1. The van der Waals surface area contributed by atoms with Crippen LogP contribution in [0.4, 0.5) is 0 Å². The second kappa shape index (κ2) is 8.20. The number of halogens is 1. The summed E-state index contributed by atoms with van der Waals surface area (Å²) in [6.45, 7) is 3.51. The molecule has 2 N–H and O–H groups in total. The van der Waals surface area contributed by atoms with Crippen LogP contribution in [-0.4, -0.2) is 39.4 Å². The minimum atomic E-state index is 0. The van der Waals surface area contributed by atoms with Crippen LogP contribution < -0.4 is 10.6 Å². The largest absolute Gasteiger partial charge is 0.469 e. The molecule has 0 spiro atoms. The van der Waals surface area contributed by atoms with Gasteiger partial charge in [0.1, 0.15) is 17.4 Å². The second-order valence-electron chi connectivity index (χ2n) is 6.62. The third kappa shape index (κ3) is 4.96. The summed E-state index contributed by atoms with van der Waals surface area (Å²) in [5.41, 5.74) is 0. The Labute approximate surface area is 164 Å². The quantitative estimate of drug-likeness (QED) is 0.409. The Morgan fingerprint density at radius 1 is 1.32 bits per heavy atom. The molecule has 2 aliphatic rings. The van der Waals surface area contributed by atoms with Crippen molar-refractivity contribution in [2.24, 2.45) is 4.99 Å². The van der Waals surface area contributed by atoms with E-state index in [0.717, 1.165) is 55.7 Å². The number of guanidine groups is 1. The number of aryl methyl sites for hydroxylation is 2. The van der Waals surface area contributed by atoms with Gasteiger partial charge in [-0.2, -0.15) is 5.10 Å². The molecule has 0 radical (unpaired) electrons. The van der Waals surface area contributed by atoms with Crippen LogP contribution in [-0.2, 0) is 19.4 Å². The molecule has 3 heterocycles. The first kappa shape index (κ1) is 18.2. The molecule has 0 bridgehead atoms. The van der Waals surface area contributed by atoms with Gasteiger partial charge in [-0.05, 0) is 38.3 Å². The van der Waals surface area contributed by atoms with Gasteiger partial charge in [-0.25, -0.2) is 9.67 Å². The van der Waals surface area contributed by atoms with Crippen LogP contribution in [0, 0.1) is 6.92 Å². The predicted octanol–water partition coefficient (Wildman–Crippen LogP) is 2.05. The Morgan fingerprint density at radius 3 is 2.92 bits per heavy atom. The number of aromatic nitrogens is 3. The molecular formula is C17H25IN6O. The molecule has 8 heteroatoms. The minimum absolute atomic E-state index is 0. The summed E-state index contributed by atoms with van der Waals surface area (Å²) in [7, 11) is 0. The van der Waals surface area contributed by atoms with E-state index < -0.39 is 0 Å². The van der Waals surface area contributed by atoms with Gasteiger partial charge in [0, 0.05) is 31.5 Å². The lowest BCUT2D eigenvalue weighted by Crippen LogP contribution is -2.47. The van der Waals surface area contributed by atoms with E-state index in [9.17, 15) is 0 Å². The molecule has 4 rings (SSSR count). The molecule has 1 atom stereocenters. The maximum Gasteiger partial charge on any atom is 0.191 e. The number of furan rings is 1. The lowest BCUT2D eigenvalue weighted by molar-refractivity contribution is 0.392. The molecule has 2 aromatic rings. The zero-order valence-corrected chi connectivity index (χ0v) is 16.8. The molecule has 1 aliphatic carbocycles. The first-order chi connectivity index (χ1) is 11.8. The number of nitrogens with one attached hydrogen (secondary N) is 2. The van der Waals surface area contributed by atoms with E-state index in [0.29, 0.717) is 12.1 Å². The Morgan fingerprint density at radius 2 is 2.16 bits per heavy atom. The maximum absolute atomic E-state index is 5.37. The molecule has 1 unspecified atom stereocenters. The lowest BCUT2D eigenvalue weighted by atomic mass is 10.1. The van der Waals surface area contributed by atoms with E-state index in [1.165, 1.54) is 12.8 Å². The van der Waals surface area contributed by atoms with Gasteiger partial charge in [0.2, 0.25) is 0 Å². The lowest BCUT2D eigenvalue weighted by Gasteiger charge is -2.25. The fourth-order valence-electron chi connectivity index (χ4n) is 3.03. The first-order valence-corrected chi connectivity index (χ1v) is 8.76. The SMILES string of the molecule is Cc1nc2n(n1)CC(NC(=NCCc1ccco1)NC1CC1)CC2.I. The fraction of sp³-hybridized carbons (Fsp3) is 0.588. The zero-order valence-electron chi connectivity index (χ0n) is 14.4. The van der Waals surface area contributed by atoms with E-state index in [2.05, 4.69) is 20.7 Å². The van der Waals surface area contributed by atoms with Crippen LogP contribution in [0.15, 0.2) is 27.8 Å². The fourth-order valence-corrected chi connectivity index (χ4v) is 3.03. The molecule has 0 saturated heterocycles. The highest BCUT2D eigenvalue weighted by molar-refractivity contribution is 14.0. The topological polar surface area (TPSA) is 80.3 Å². The molecule has 136 valence electrons. The molecule has 0 aromatic carbocycles. The molecule has 0 amide bonds. The highest BCUT2D eigenvalue weighted by atomic mass is 127. The third-order valence-electron chi connectivity index (χ3n) is 4.43. The van der Waals surface area contributed by atoms with Crippen molar-refractivity contribution >= 4 is 29.9 Å². The summed E-state index contributed by atoms with van der Waals surface area (Å²) in [6.07, 6.45) is 7.01. The van der Waals surface area contributed by atoms with Crippen LogP contribution >= 0.6 is 24.0 Å². The van der Waals surface area contributed by atoms with Crippen LogP contribution in [0.25, 0.3) is 0 Å². The average molecular weight is 456 g/mol. The summed E-state index contributed by atoms with van der Waals surface area (Å²) in [4.78, 5) is 9.19. The van der Waals surface area contributed by atoms with Crippen molar-refractivity contribution in [2.45, 2.75) is 57.7 Å². The van der Waals surface area contributed by atoms with Crippen molar-refractivity contribution in [3.05, 3.63) is 35.8 Å². The molecule has 1 saturated carbocycles. The summed E-state index contributed by atoms with van der Waals surface area (Å²) in [6, 6.07) is 4.83. The van der Waals surface area contributed by atoms with Crippen LogP contribution in [0.1, 0.15) is 36.7 Å². The van der Waals surface area contributed by atoms with Gasteiger partial charge < -0.3 is 15.1 Å². The van der Waals surface area contributed by atoms with E-state index in [4.69, 9.17) is 9.41 Å². The minimum Gasteiger partial charge on any atom is -0.469 e. The van der Waals surface area contributed by atoms with Crippen LogP contribution in [0.5, 0.6) is 0 Å². The zero-order chi connectivity index (χ0) is 16.4. The summed E-state index contributed by atoms with van der Waals surface area (Å²) in [5.74, 6) is 3.84. The van der Waals surface area contributed by atoms with Gasteiger partial charge >= 0.3 is 0 Å². The van der Waals surface area contributed by atoms with Crippen molar-refractivity contribution in [3.8, 4) is 0 Å². The Balaban J connectivity index is 0.00000182. The van der Waals surface area contributed by atoms with E-state index >= 15 is 0 Å². The van der Waals surface area contributed by atoms with Gasteiger partial charge in [-0.1, -0.05) is 0 Å². The van der Waals surface area contributed by atoms with E-state index in [1.54, 1.807) is 6.26 Å². The maximum atomic E-state index is 5.37. The molecule has 2 aromatic heterocycles. The number of nitrogens with zero attached hydrogens (tertiary/aromatic N) is 4. The second-order valence-corrected chi connectivity index (χ2v) is 6.62. The van der Waals surface area contributed by atoms with Gasteiger partial charge in [0.15, 0.2) is 5.96 Å². The van der Waals surface area contributed by atoms with Crippen molar-refractivity contribution in [3.63, 3.8) is 0 Å². The van der Waals surface area contributed by atoms with Gasteiger partial charge in [-0.15, -0.1) is 24.0 Å². The number of aliphatic imine (C=N–C) groups is 1. The van der Waals surface area contributed by atoms with Crippen molar-refractivity contribution in [1.82, 2.24) is 25.4 Å². The van der Waals surface area contributed by atoms with E-state index in [1.807, 2.05) is 23.7 Å². The molecule has 7 nitrogen and oxygen atoms in total. The van der Waals surface area contributed by atoms with Crippen molar-refractivity contribution in [2.75, 3.05) is 6.54 Å². The number of hydrogen-bond acceptors (Lipinski definition) is 4. The Kier molecular flexibility index (Phi) is 5.98.